The number of nitrogens with one attached hydrogen (secondary N) is 3. The van der Waals surface area contributed by atoms with Crippen LogP contribution in [-0.2, 0) is 11.3 Å². The van der Waals surface area contributed by atoms with Crippen molar-refractivity contribution in [3.63, 3.8) is 0 Å². The SMILES string of the molecule is CCNC(=NCC(=O)NC(C)(C)C)NC1CCN(Cc2cc(OC)cc(OC)c2)C1.I. The predicted octanol–water partition coefficient (Wildman–Crippen LogP) is 2.37. The normalized spacial score (nSPS) is 17.0. The third kappa shape index (κ3) is 9.94. The second-order valence-corrected chi connectivity index (χ2v) is 8.58. The molecule has 0 bridgehead atoms. The van der Waals surface area contributed by atoms with Crippen molar-refractivity contribution in [2.45, 2.75) is 52.2 Å². The van der Waals surface area contributed by atoms with Crippen molar-refractivity contribution in [2.75, 3.05) is 40.4 Å². The van der Waals surface area contributed by atoms with E-state index in [0.717, 1.165) is 49.7 Å². The van der Waals surface area contributed by atoms with Crippen molar-refractivity contribution in [2.24, 2.45) is 4.99 Å². The second kappa shape index (κ2) is 12.9. The largest absolute Gasteiger partial charge is 0.497 e. The molecule has 176 valence electrons. The quantitative estimate of drug-likeness (QED) is 0.263. The summed E-state index contributed by atoms with van der Waals surface area (Å²) in [6, 6.07) is 6.25. The number of likely N-dealkylation sites (tertiary alicyclic amines) is 1. The summed E-state index contributed by atoms with van der Waals surface area (Å²) < 4.78 is 10.7. The molecule has 0 aromatic heterocycles. The summed E-state index contributed by atoms with van der Waals surface area (Å²) in [7, 11) is 3.33. The van der Waals surface area contributed by atoms with E-state index in [1.807, 2.05) is 45.9 Å². The highest BCUT2D eigenvalue weighted by Crippen LogP contribution is 2.24. The number of methoxy groups -OCH3 is 2. The monoisotopic (exact) mass is 547 g/mol. The lowest BCUT2D eigenvalue weighted by Crippen LogP contribution is -2.46. The lowest BCUT2D eigenvalue weighted by molar-refractivity contribution is -0.121. The summed E-state index contributed by atoms with van der Waals surface area (Å²) in [4.78, 5) is 18.9. The molecule has 1 aromatic carbocycles. The van der Waals surface area contributed by atoms with Gasteiger partial charge in [-0.25, -0.2) is 4.99 Å². The maximum absolute atomic E-state index is 12.1. The number of nitrogens with zero attached hydrogens (tertiary/aromatic N) is 2. The third-order valence-corrected chi connectivity index (χ3v) is 4.67. The topological polar surface area (TPSA) is 87.2 Å². The molecular formula is C22H38IN5O3. The molecule has 3 N–H and O–H groups in total. The van der Waals surface area contributed by atoms with Crippen LogP contribution in [0.2, 0.25) is 0 Å². The molecule has 8 nitrogen and oxygen atoms in total. The highest BCUT2D eigenvalue weighted by Gasteiger charge is 2.24. The van der Waals surface area contributed by atoms with E-state index in [9.17, 15) is 4.79 Å². The number of hydrogen-bond donors (Lipinski definition) is 3. The van der Waals surface area contributed by atoms with E-state index in [2.05, 4.69) is 25.8 Å². The van der Waals surface area contributed by atoms with E-state index in [4.69, 9.17) is 9.47 Å². The first-order valence-electron chi connectivity index (χ1n) is 10.5. The summed E-state index contributed by atoms with van der Waals surface area (Å²) in [6.07, 6.45) is 1.01. The molecule has 1 aromatic rings. The molecule has 1 unspecified atom stereocenters. The standard InChI is InChI=1S/C22H37N5O3.HI/c1-7-23-21(24-13-20(28)26-22(2,3)4)25-17-8-9-27(15-17)14-16-10-18(29-5)12-19(11-16)30-6;/h10-12,17H,7-9,13-15H2,1-6H3,(H,26,28)(H2,23,24,25);1H. The molecule has 2 rings (SSSR count). The van der Waals surface area contributed by atoms with Crippen LogP contribution in [0.15, 0.2) is 23.2 Å². The molecule has 31 heavy (non-hydrogen) atoms. The number of carbonyl (C=O) groups is 1. The fraction of sp³-hybridized carbons (Fsp3) is 0.636. The van der Waals surface area contributed by atoms with Crippen molar-refractivity contribution in [1.29, 1.82) is 0 Å². The summed E-state index contributed by atoms with van der Waals surface area (Å²) in [6.45, 7) is 11.5. The zero-order valence-corrected chi connectivity index (χ0v) is 21.9. The minimum Gasteiger partial charge on any atom is -0.497 e. The van der Waals surface area contributed by atoms with Crippen molar-refractivity contribution >= 4 is 35.8 Å². The van der Waals surface area contributed by atoms with Gasteiger partial charge in [-0.15, -0.1) is 24.0 Å². The molecular weight excluding hydrogens is 509 g/mol. The van der Waals surface area contributed by atoms with Crippen LogP contribution in [0.1, 0.15) is 39.7 Å². The number of hydrogen-bond acceptors (Lipinski definition) is 5. The van der Waals surface area contributed by atoms with Gasteiger partial charge in [-0.1, -0.05) is 0 Å². The van der Waals surface area contributed by atoms with Crippen LogP contribution in [0.4, 0.5) is 0 Å². The zero-order chi connectivity index (χ0) is 22.1. The Morgan fingerprint density at radius 1 is 1.19 bits per heavy atom. The zero-order valence-electron chi connectivity index (χ0n) is 19.6. The van der Waals surface area contributed by atoms with Crippen molar-refractivity contribution in [3.8, 4) is 11.5 Å². The molecule has 9 heteroatoms. The van der Waals surface area contributed by atoms with Gasteiger partial charge in [-0.2, -0.15) is 0 Å². The van der Waals surface area contributed by atoms with Gasteiger partial charge in [0.25, 0.3) is 0 Å². The minimum atomic E-state index is -0.257. The molecule has 0 aliphatic carbocycles. The van der Waals surface area contributed by atoms with Gasteiger partial charge in [0.2, 0.25) is 5.91 Å². The van der Waals surface area contributed by atoms with E-state index < -0.39 is 0 Å². The van der Waals surface area contributed by atoms with Crippen LogP contribution in [0.25, 0.3) is 0 Å². The smallest absolute Gasteiger partial charge is 0.242 e. The van der Waals surface area contributed by atoms with E-state index >= 15 is 0 Å². The number of halogens is 1. The Balaban J connectivity index is 0.00000480. The van der Waals surface area contributed by atoms with Crippen LogP contribution in [0, 0.1) is 0 Å². The van der Waals surface area contributed by atoms with Gasteiger partial charge in [-0.3, -0.25) is 9.69 Å². The van der Waals surface area contributed by atoms with Gasteiger partial charge < -0.3 is 25.4 Å². The third-order valence-electron chi connectivity index (χ3n) is 4.67. The highest BCUT2D eigenvalue weighted by molar-refractivity contribution is 14.0. The Bertz CT molecular complexity index is 714. The van der Waals surface area contributed by atoms with Crippen LogP contribution in [0.3, 0.4) is 0 Å². The number of amides is 1. The van der Waals surface area contributed by atoms with E-state index in [1.165, 1.54) is 0 Å². The molecule has 0 radical (unpaired) electrons. The minimum absolute atomic E-state index is 0. The molecule has 1 aliphatic heterocycles. The van der Waals surface area contributed by atoms with Gasteiger partial charge >= 0.3 is 0 Å². The van der Waals surface area contributed by atoms with Crippen molar-refractivity contribution in [1.82, 2.24) is 20.9 Å². The number of rotatable bonds is 8. The fourth-order valence-corrected chi connectivity index (χ4v) is 3.43. The van der Waals surface area contributed by atoms with Gasteiger partial charge in [0, 0.05) is 43.8 Å². The van der Waals surface area contributed by atoms with E-state index in [-0.39, 0.29) is 48.0 Å². The van der Waals surface area contributed by atoms with Crippen LogP contribution in [-0.4, -0.2) is 68.7 Å². The van der Waals surface area contributed by atoms with Gasteiger partial charge in [0.15, 0.2) is 5.96 Å². The summed E-state index contributed by atoms with van der Waals surface area (Å²) in [5.41, 5.74) is 0.902. The molecule has 1 aliphatic rings. The maximum Gasteiger partial charge on any atom is 0.242 e. The van der Waals surface area contributed by atoms with E-state index in [0.29, 0.717) is 5.96 Å². The molecule has 0 saturated carbocycles. The van der Waals surface area contributed by atoms with Crippen molar-refractivity contribution < 1.29 is 14.3 Å². The lowest BCUT2D eigenvalue weighted by atomic mass is 10.1. The van der Waals surface area contributed by atoms with Crippen molar-refractivity contribution in [3.05, 3.63) is 23.8 Å². The van der Waals surface area contributed by atoms with Gasteiger partial charge in [-0.05, 0) is 51.8 Å². The summed E-state index contributed by atoms with van der Waals surface area (Å²) in [5.74, 6) is 2.19. The molecule has 1 atom stereocenters. The van der Waals surface area contributed by atoms with Crippen LogP contribution < -0.4 is 25.4 Å². The maximum atomic E-state index is 12.1. The number of aliphatic imine (C=N–C) groups is 1. The molecule has 0 spiro atoms. The van der Waals surface area contributed by atoms with Gasteiger partial charge in [0.05, 0.1) is 14.2 Å². The average Bonchev–Trinajstić information content (AvgIpc) is 3.11. The van der Waals surface area contributed by atoms with E-state index in [1.54, 1.807) is 14.2 Å². The van der Waals surface area contributed by atoms with Crippen LogP contribution >= 0.6 is 24.0 Å². The van der Waals surface area contributed by atoms with Gasteiger partial charge in [0.1, 0.15) is 18.0 Å². The average molecular weight is 547 g/mol. The Labute approximate surface area is 203 Å². The number of ether oxygens (including phenoxy) is 2. The molecule has 1 amide bonds. The lowest BCUT2D eigenvalue weighted by Gasteiger charge is -2.21. The fourth-order valence-electron chi connectivity index (χ4n) is 3.43. The van der Waals surface area contributed by atoms with Crippen LogP contribution in [0.5, 0.6) is 11.5 Å². The Morgan fingerprint density at radius 3 is 2.39 bits per heavy atom. The first kappa shape index (κ1) is 27.3. The summed E-state index contributed by atoms with van der Waals surface area (Å²) >= 11 is 0. The number of carbonyl (C=O) groups excluding carboxylic acids is 1. The molecule has 1 heterocycles. The Morgan fingerprint density at radius 2 is 1.84 bits per heavy atom. The highest BCUT2D eigenvalue weighted by atomic mass is 127. The second-order valence-electron chi connectivity index (χ2n) is 8.58. The Kier molecular flexibility index (Phi) is 11.4. The molecule has 1 fully saturated rings. The summed E-state index contributed by atoms with van der Waals surface area (Å²) in [5, 5.41) is 9.63. The number of guanidine groups is 1. The first-order valence-corrected chi connectivity index (χ1v) is 10.5. The molecule has 1 saturated heterocycles. The first-order chi connectivity index (χ1) is 14.2. The number of benzene rings is 1. The predicted molar refractivity (Wildman–Crippen MR) is 136 cm³/mol. The Hall–Kier alpha value is -1.75.